The number of esters is 2. The molecule has 32 heavy (non-hydrogen) atoms. The van der Waals surface area contributed by atoms with Gasteiger partial charge in [-0.3, -0.25) is 9.59 Å². The smallest absolute Gasteiger partial charge is 0.337 e. The van der Waals surface area contributed by atoms with Crippen molar-refractivity contribution in [3.8, 4) is 11.5 Å². The van der Waals surface area contributed by atoms with Crippen LogP contribution in [0.1, 0.15) is 22.8 Å². The van der Waals surface area contributed by atoms with Crippen LogP contribution in [0, 0.1) is 0 Å². The normalized spacial score (nSPS) is 12.8. The maximum Gasteiger partial charge on any atom is 0.337 e. The van der Waals surface area contributed by atoms with E-state index in [2.05, 4.69) is 4.99 Å². The molecule has 166 valence electrons. The molecule has 3 aromatic rings. The topological polar surface area (TPSA) is 105 Å². The van der Waals surface area contributed by atoms with Gasteiger partial charge in [0.25, 0.3) is 5.91 Å². The van der Waals surface area contributed by atoms with Crippen LogP contribution in [0.2, 0.25) is 0 Å². The molecule has 9 nitrogen and oxygen atoms in total. The Bertz CT molecular complexity index is 1280. The van der Waals surface area contributed by atoms with E-state index in [1.54, 1.807) is 47.9 Å². The number of hydrogen-bond acceptors (Lipinski definition) is 8. The summed E-state index contributed by atoms with van der Waals surface area (Å²) >= 11 is 1.20. The SMILES string of the molecule is CCOC(=O)Cn1c(=NC(=O)Cc2ccc3c(c2)OCO3)sc2cc(C(=O)OC)ccc21. The second-order valence-electron chi connectivity index (χ2n) is 6.82. The summed E-state index contributed by atoms with van der Waals surface area (Å²) in [6.45, 7) is 2.00. The zero-order chi connectivity index (χ0) is 22.7. The highest BCUT2D eigenvalue weighted by atomic mass is 32.1. The number of amides is 1. The lowest BCUT2D eigenvalue weighted by Gasteiger charge is -2.05. The largest absolute Gasteiger partial charge is 0.465 e. The lowest BCUT2D eigenvalue weighted by atomic mass is 10.1. The van der Waals surface area contributed by atoms with Gasteiger partial charge < -0.3 is 23.5 Å². The van der Waals surface area contributed by atoms with E-state index in [9.17, 15) is 14.4 Å². The molecule has 2 heterocycles. The Kier molecular flexibility index (Phi) is 6.22. The van der Waals surface area contributed by atoms with E-state index in [-0.39, 0.29) is 32.3 Å². The van der Waals surface area contributed by atoms with Crippen LogP contribution in [0.3, 0.4) is 0 Å². The van der Waals surface area contributed by atoms with Crippen LogP contribution in [-0.4, -0.2) is 42.9 Å². The maximum absolute atomic E-state index is 12.7. The van der Waals surface area contributed by atoms with Gasteiger partial charge in [-0.25, -0.2) is 4.79 Å². The molecule has 1 amide bonds. The molecule has 1 aliphatic rings. The Balaban J connectivity index is 1.69. The van der Waals surface area contributed by atoms with Crippen LogP contribution in [0.5, 0.6) is 11.5 Å². The first-order valence-electron chi connectivity index (χ1n) is 9.82. The fourth-order valence-electron chi connectivity index (χ4n) is 3.26. The van der Waals surface area contributed by atoms with Crippen molar-refractivity contribution < 1.29 is 33.3 Å². The second-order valence-corrected chi connectivity index (χ2v) is 7.83. The van der Waals surface area contributed by atoms with Gasteiger partial charge in [0.05, 0.1) is 35.9 Å². The molecule has 0 N–H and O–H groups in total. The summed E-state index contributed by atoms with van der Waals surface area (Å²) in [6, 6.07) is 10.2. The van der Waals surface area contributed by atoms with Crippen molar-refractivity contribution in [3.63, 3.8) is 0 Å². The Morgan fingerprint density at radius 1 is 1.12 bits per heavy atom. The van der Waals surface area contributed by atoms with Crippen LogP contribution in [0.15, 0.2) is 41.4 Å². The maximum atomic E-state index is 12.7. The molecule has 1 aromatic heterocycles. The molecule has 0 saturated heterocycles. The lowest BCUT2D eigenvalue weighted by molar-refractivity contribution is -0.143. The van der Waals surface area contributed by atoms with Crippen molar-refractivity contribution in [1.82, 2.24) is 4.57 Å². The Morgan fingerprint density at radius 3 is 2.72 bits per heavy atom. The van der Waals surface area contributed by atoms with Gasteiger partial charge in [-0.15, -0.1) is 0 Å². The van der Waals surface area contributed by atoms with Crippen LogP contribution in [-0.2, 0) is 32.0 Å². The summed E-state index contributed by atoms with van der Waals surface area (Å²) < 4.78 is 22.8. The number of rotatable bonds is 6. The van der Waals surface area contributed by atoms with E-state index in [4.69, 9.17) is 18.9 Å². The predicted molar refractivity (Wildman–Crippen MR) is 115 cm³/mol. The fourth-order valence-corrected chi connectivity index (χ4v) is 4.35. The zero-order valence-corrected chi connectivity index (χ0v) is 18.3. The summed E-state index contributed by atoms with van der Waals surface area (Å²) in [5, 5.41) is 0. The number of hydrogen-bond donors (Lipinski definition) is 0. The molecule has 1 aliphatic heterocycles. The van der Waals surface area contributed by atoms with Gasteiger partial charge >= 0.3 is 11.9 Å². The van der Waals surface area contributed by atoms with E-state index < -0.39 is 11.9 Å². The van der Waals surface area contributed by atoms with Crippen molar-refractivity contribution in [2.24, 2.45) is 4.99 Å². The molecule has 0 fully saturated rings. The first-order valence-corrected chi connectivity index (χ1v) is 10.6. The second kappa shape index (κ2) is 9.23. The van der Waals surface area contributed by atoms with E-state index in [0.717, 1.165) is 5.56 Å². The number of fused-ring (bicyclic) bond motifs is 2. The van der Waals surface area contributed by atoms with Gasteiger partial charge in [0, 0.05) is 0 Å². The average molecular weight is 456 g/mol. The molecule has 0 aliphatic carbocycles. The molecule has 0 unspecified atom stereocenters. The molecule has 10 heteroatoms. The Hall–Kier alpha value is -3.66. The van der Waals surface area contributed by atoms with Gasteiger partial charge in [-0.2, -0.15) is 4.99 Å². The van der Waals surface area contributed by atoms with Gasteiger partial charge in [-0.05, 0) is 42.8 Å². The van der Waals surface area contributed by atoms with E-state index in [1.165, 1.54) is 18.4 Å². The van der Waals surface area contributed by atoms with Gasteiger partial charge in [0.1, 0.15) is 6.54 Å². The monoisotopic (exact) mass is 456 g/mol. The summed E-state index contributed by atoms with van der Waals surface area (Å²) in [5.41, 5.74) is 1.75. The average Bonchev–Trinajstić information content (AvgIpc) is 3.37. The Labute approximate surface area is 186 Å². The third-order valence-corrected chi connectivity index (χ3v) is 5.75. The van der Waals surface area contributed by atoms with Crippen molar-refractivity contribution in [2.75, 3.05) is 20.5 Å². The van der Waals surface area contributed by atoms with Crippen LogP contribution in [0.25, 0.3) is 10.2 Å². The first-order chi connectivity index (χ1) is 15.5. The number of carbonyl (C=O) groups is 3. The van der Waals surface area contributed by atoms with Crippen molar-refractivity contribution >= 4 is 39.4 Å². The molecule has 0 spiro atoms. The number of benzene rings is 2. The number of ether oxygens (including phenoxy) is 4. The fraction of sp³-hybridized carbons (Fsp3) is 0.273. The summed E-state index contributed by atoms with van der Waals surface area (Å²) in [4.78, 5) is 41.3. The van der Waals surface area contributed by atoms with E-state index >= 15 is 0 Å². The molecule has 0 saturated carbocycles. The minimum atomic E-state index is -0.477. The summed E-state index contributed by atoms with van der Waals surface area (Å²) in [6.07, 6.45) is 0.0533. The molecular formula is C22H20N2O7S. The summed E-state index contributed by atoms with van der Waals surface area (Å²) in [5.74, 6) is -0.0917. The van der Waals surface area contributed by atoms with Crippen molar-refractivity contribution in [1.29, 1.82) is 0 Å². The number of carbonyl (C=O) groups excluding carboxylic acids is 3. The lowest BCUT2D eigenvalue weighted by Crippen LogP contribution is -2.23. The standard InChI is InChI=1S/C22H20N2O7S/c1-3-29-20(26)11-24-15-6-5-14(21(27)28-2)10-18(15)32-22(24)23-19(25)9-13-4-7-16-17(8-13)31-12-30-16/h4-8,10H,3,9,11-12H2,1-2H3. The van der Waals surface area contributed by atoms with Crippen LogP contribution >= 0.6 is 11.3 Å². The predicted octanol–water partition coefficient (Wildman–Crippen LogP) is 2.45. The highest BCUT2D eigenvalue weighted by Gasteiger charge is 2.17. The number of nitrogens with zero attached hydrogens (tertiary/aromatic N) is 2. The number of methoxy groups -OCH3 is 1. The molecule has 4 rings (SSSR count). The highest BCUT2D eigenvalue weighted by molar-refractivity contribution is 7.16. The minimum Gasteiger partial charge on any atom is -0.465 e. The first kappa shape index (κ1) is 21.6. The summed E-state index contributed by atoms with van der Waals surface area (Å²) in [7, 11) is 1.30. The van der Waals surface area contributed by atoms with Crippen LogP contribution < -0.4 is 14.3 Å². The van der Waals surface area contributed by atoms with E-state index in [0.29, 0.717) is 32.1 Å². The molecule has 2 aromatic carbocycles. The zero-order valence-electron chi connectivity index (χ0n) is 17.5. The van der Waals surface area contributed by atoms with Gasteiger partial charge in [-0.1, -0.05) is 17.4 Å². The molecule has 0 atom stereocenters. The van der Waals surface area contributed by atoms with Gasteiger partial charge in [0.2, 0.25) is 6.79 Å². The van der Waals surface area contributed by atoms with Crippen molar-refractivity contribution in [2.45, 2.75) is 19.9 Å². The molecule has 0 radical (unpaired) electrons. The third-order valence-electron chi connectivity index (χ3n) is 4.71. The highest BCUT2D eigenvalue weighted by Crippen LogP contribution is 2.32. The van der Waals surface area contributed by atoms with E-state index in [1.807, 2.05) is 0 Å². The quantitative estimate of drug-likeness (QED) is 0.525. The number of thiazole rings is 1. The minimum absolute atomic E-state index is 0.0533. The number of aromatic nitrogens is 1. The van der Waals surface area contributed by atoms with Gasteiger partial charge in [0.15, 0.2) is 16.3 Å². The van der Waals surface area contributed by atoms with Crippen LogP contribution in [0.4, 0.5) is 0 Å². The molecule has 0 bridgehead atoms. The molecular weight excluding hydrogens is 436 g/mol. The Morgan fingerprint density at radius 2 is 1.94 bits per heavy atom. The third kappa shape index (κ3) is 4.50. The van der Waals surface area contributed by atoms with Crippen molar-refractivity contribution in [3.05, 3.63) is 52.3 Å².